The molecule has 1 aliphatic rings. The second kappa shape index (κ2) is 5.01. The van der Waals surface area contributed by atoms with Crippen LogP contribution in [0.4, 0.5) is 0 Å². The van der Waals surface area contributed by atoms with Crippen LogP contribution in [0.15, 0.2) is 12.1 Å². The van der Waals surface area contributed by atoms with Gasteiger partial charge in [-0.25, -0.2) is 0 Å². The van der Waals surface area contributed by atoms with Gasteiger partial charge in [0.15, 0.2) is 0 Å². The maximum absolute atomic E-state index is 3.63. The van der Waals surface area contributed by atoms with Crippen molar-refractivity contribution in [2.45, 2.75) is 52.5 Å². The molecule has 0 saturated carbocycles. The molecule has 1 heterocycles. The van der Waals surface area contributed by atoms with Gasteiger partial charge in [0, 0.05) is 6.04 Å². The Morgan fingerprint density at radius 2 is 2.00 bits per heavy atom. The Morgan fingerprint density at radius 1 is 1.19 bits per heavy atom. The normalized spacial score (nSPS) is 21.1. The van der Waals surface area contributed by atoms with Crippen LogP contribution in [0.2, 0.25) is 0 Å². The molecule has 1 unspecified atom stereocenters. The number of hydrogen-bond donors (Lipinski definition) is 1. The Hall–Kier alpha value is -0.820. The van der Waals surface area contributed by atoms with Crippen molar-refractivity contribution < 1.29 is 0 Å². The fraction of sp³-hybridized carbons (Fsp3) is 0.600. The minimum Gasteiger partial charge on any atom is -0.314 e. The summed E-state index contributed by atoms with van der Waals surface area (Å²) in [5, 5.41) is 3.63. The summed E-state index contributed by atoms with van der Waals surface area (Å²) in [7, 11) is 0. The summed E-state index contributed by atoms with van der Waals surface area (Å²) in [5.41, 5.74) is 5.86. The molecule has 0 aromatic heterocycles. The van der Waals surface area contributed by atoms with E-state index in [9.17, 15) is 0 Å². The zero-order valence-electron chi connectivity index (χ0n) is 10.8. The highest BCUT2D eigenvalue weighted by Crippen LogP contribution is 2.20. The lowest BCUT2D eigenvalue weighted by Gasteiger charge is -2.24. The Kier molecular flexibility index (Phi) is 3.65. The Labute approximate surface area is 99.3 Å². The molecule has 1 aromatic rings. The molecule has 1 fully saturated rings. The molecule has 1 aliphatic heterocycles. The van der Waals surface area contributed by atoms with Crippen LogP contribution >= 0.6 is 0 Å². The first-order chi connectivity index (χ1) is 7.66. The Balaban J connectivity index is 2.13. The fourth-order valence-electron chi connectivity index (χ4n) is 2.70. The monoisotopic (exact) mass is 217 g/mol. The molecule has 16 heavy (non-hydrogen) atoms. The van der Waals surface area contributed by atoms with Gasteiger partial charge in [-0.05, 0) is 63.3 Å². The van der Waals surface area contributed by atoms with Crippen molar-refractivity contribution in [3.05, 3.63) is 34.4 Å². The number of aryl methyl sites for hydroxylation is 2. The van der Waals surface area contributed by atoms with Gasteiger partial charge in [-0.2, -0.15) is 0 Å². The quantitative estimate of drug-likeness (QED) is 0.801. The van der Waals surface area contributed by atoms with Crippen LogP contribution in [0.5, 0.6) is 0 Å². The molecule has 0 spiro atoms. The van der Waals surface area contributed by atoms with Gasteiger partial charge in [-0.3, -0.25) is 0 Å². The lowest BCUT2D eigenvalue weighted by molar-refractivity contribution is 0.399. The number of hydrogen-bond acceptors (Lipinski definition) is 1. The van der Waals surface area contributed by atoms with Gasteiger partial charge in [0.1, 0.15) is 0 Å². The summed E-state index contributed by atoms with van der Waals surface area (Å²) in [4.78, 5) is 0. The highest BCUT2D eigenvalue weighted by Gasteiger charge is 2.14. The molecular weight excluding hydrogens is 194 g/mol. The smallest absolute Gasteiger partial charge is 0.0108 e. The van der Waals surface area contributed by atoms with Gasteiger partial charge in [0.05, 0.1) is 0 Å². The van der Waals surface area contributed by atoms with E-state index < -0.39 is 0 Å². The minimum absolute atomic E-state index is 0.702. The zero-order valence-corrected chi connectivity index (χ0v) is 10.8. The Bertz CT molecular complexity index is 362. The molecule has 2 rings (SSSR count). The molecule has 1 atom stereocenters. The lowest BCUT2D eigenvalue weighted by Crippen LogP contribution is -2.35. The first-order valence-electron chi connectivity index (χ1n) is 6.47. The van der Waals surface area contributed by atoms with Gasteiger partial charge in [0.25, 0.3) is 0 Å². The van der Waals surface area contributed by atoms with E-state index in [2.05, 4.69) is 38.2 Å². The summed E-state index contributed by atoms with van der Waals surface area (Å²) >= 11 is 0. The third-order valence-corrected chi connectivity index (χ3v) is 3.80. The molecule has 1 aromatic carbocycles. The van der Waals surface area contributed by atoms with Crippen LogP contribution in [0.1, 0.15) is 41.5 Å². The van der Waals surface area contributed by atoms with Crippen LogP contribution in [0.25, 0.3) is 0 Å². The minimum atomic E-state index is 0.702. The molecule has 0 bridgehead atoms. The summed E-state index contributed by atoms with van der Waals surface area (Å²) in [6, 6.07) is 5.35. The van der Waals surface area contributed by atoms with Crippen molar-refractivity contribution >= 4 is 0 Å². The van der Waals surface area contributed by atoms with Crippen molar-refractivity contribution in [1.29, 1.82) is 0 Å². The molecular formula is C15H23N. The SMILES string of the molecule is Cc1cc(C)c(C)c(CC2CCCCN2)c1. The molecule has 1 saturated heterocycles. The maximum atomic E-state index is 3.63. The third-order valence-electron chi connectivity index (χ3n) is 3.80. The topological polar surface area (TPSA) is 12.0 Å². The molecule has 1 nitrogen and oxygen atoms in total. The van der Waals surface area contributed by atoms with Gasteiger partial charge in [-0.15, -0.1) is 0 Å². The van der Waals surface area contributed by atoms with Crippen LogP contribution < -0.4 is 5.32 Å². The van der Waals surface area contributed by atoms with Crippen LogP contribution in [-0.4, -0.2) is 12.6 Å². The van der Waals surface area contributed by atoms with Crippen LogP contribution in [0.3, 0.4) is 0 Å². The van der Waals surface area contributed by atoms with Crippen molar-refractivity contribution in [3.8, 4) is 0 Å². The van der Waals surface area contributed by atoms with E-state index in [0.717, 1.165) is 0 Å². The average molecular weight is 217 g/mol. The first kappa shape index (κ1) is 11.7. The van der Waals surface area contributed by atoms with E-state index in [-0.39, 0.29) is 0 Å². The van der Waals surface area contributed by atoms with E-state index in [1.54, 1.807) is 0 Å². The molecule has 1 heteroatoms. The highest BCUT2D eigenvalue weighted by atomic mass is 14.9. The summed E-state index contributed by atoms with van der Waals surface area (Å²) in [5.74, 6) is 0. The predicted octanol–water partition coefficient (Wildman–Crippen LogP) is 3.30. The summed E-state index contributed by atoms with van der Waals surface area (Å²) in [6.45, 7) is 7.88. The predicted molar refractivity (Wildman–Crippen MR) is 70.0 cm³/mol. The van der Waals surface area contributed by atoms with Crippen LogP contribution in [0, 0.1) is 20.8 Å². The van der Waals surface area contributed by atoms with Gasteiger partial charge in [0.2, 0.25) is 0 Å². The standard InChI is InChI=1S/C15H23N/c1-11-8-12(2)13(3)14(9-11)10-15-6-4-5-7-16-15/h8-9,15-16H,4-7,10H2,1-3H3. The van der Waals surface area contributed by atoms with E-state index in [1.807, 2.05) is 0 Å². The highest BCUT2D eigenvalue weighted by molar-refractivity contribution is 5.37. The first-order valence-corrected chi connectivity index (χ1v) is 6.47. The maximum Gasteiger partial charge on any atom is 0.0108 e. The average Bonchev–Trinajstić information content (AvgIpc) is 2.27. The zero-order chi connectivity index (χ0) is 11.5. The number of rotatable bonds is 2. The Morgan fingerprint density at radius 3 is 2.69 bits per heavy atom. The van der Waals surface area contributed by atoms with E-state index >= 15 is 0 Å². The number of benzene rings is 1. The number of nitrogens with one attached hydrogen (secondary N) is 1. The van der Waals surface area contributed by atoms with Crippen molar-refractivity contribution in [1.82, 2.24) is 5.32 Å². The lowest BCUT2D eigenvalue weighted by atomic mass is 9.92. The molecule has 0 aliphatic carbocycles. The van der Waals surface area contributed by atoms with Gasteiger partial charge in [-0.1, -0.05) is 24.1 Å². The fourth-order valence-corrected chi connectivity index (χ4v) is 2.70. The van der Waals surface area contributed by atoms with Gasteiger partial charge < -0.3 is 5.32 Å². The van der Waals surface area contributed by atoms with Crippen molar-refractivity contribution in [2.24, 2.45) is 0 Å². The van der Waals surface area contributed by atoms with Crippen molar-refractivity contribution in [3.63, 3.8) is 0 Å². The van der Waals surface area contributed by atoms with Gasteiger partial charge >= 0.3 is 0 Å². The summed E-state index contributed by atoms with van der Waals surface area (Å²) < 4.78 is 0. The van der Waals surface area contributed by atoms with E-state index in [1.165, 1.54) is 54.5 Å². The number of piperidine rings is 1. The molecule has 88 valence electrons. The van der Waals surface area contributed by atoms with E-state index in [0.29, 0.717) is 6.04 Å². The largest absolute Gasteiger partial charge is 0.314 e. The van der Waals surface area contributed by atoms with E-state index in [4.69, 9.17) is 0 Å². The molecule has 0 amide bonds. The summed E-state index contributed by atoms with van der Waals surface area (Å²) in [6.07, 6.45) is 5.28. The second-order valence-corrected chi connectivity index (χ2v) is 5.22. The van der Waals surface area contributed by atoms with Crippen LogP contribution in [-0.2, 0) is 6.42 Å². The second-order valence-electron chi connectivity index (χ2n) is 5.22. The molecule has 1 N–H and O–H groups in total. The van der Waals surface area contributed by atoms with Crippen molar-refractivity contribution in [2.75, 3.05) is 6.54 Å². The molecule has 0 radical (unpaired) electrons. The third kappa shape index (κ3) is 2.65.